The van der Waals surface area contributed by atoms with Gasteiger partial charge in [-0.1, -0.05) is 39.0 Å². The topological polar surface area (TPSA) is 92.8 Å². The molecule has 1 heterocycles. The zero-order valence-electron chi connectivity index (χ0n) is 18.4. The fourth-order valence-electron chi connectivity index (χ4n) is 3.65. The van der Waals surface area contributed by atoms with E-state index < -0.39 is 42.3 Å². The Morgan fingerprint density at radius 2 is 1.47 bits per heavy atom. The van der Waals surface area contributed by atoms with Crippen LogP contribution in [-0.2, 0) is 20.7 Å². The van der Waals surface area contributed by atoms with Crippen molar-refractivity contribution >= 4 is 93.1 Å². The van der Waals surface area contributed by atoms with Gasteiger partial charge in [0.15, 0.2) is 6.61 Å². The number of halogens is 4. The Hall–Kier alpha value is -1.56. The number of aryl methyl sites for hydroxylation is 1. The van der Waals surface area contributed by atoms with E-state index in [1.807, 2.05) is 19.1 Å². The van der Waals surface area contributed by atoms with E-state index >= 15 is 0 Å². The van der Waals surface area contributed by atoms with E-state index in [1.54, 1.807) is 26.0 Å². The molecule has 34 heavy (non-hydrogen) atoms. The van der Waals surface area contributed by atoms with E-state index in [-0.39, 0.29) is 11.1 Å². The Labute approximate surface area is 230 Å². The summed E-state index contributed by atoms with van der Waals surface area (Å²) in [5, 5.41) is 2.73. The summed E-state index contributed by atoms with van der Waals surface area (Å²) in [6, 6.07) is 6.12. The third-order valence-corrected chi connectivity index (χ3v) is 10.1. The average molecular weight is 724 g/mol. The molecule has 7 nitrogen and oxygen atoms in total. The highest BCUT2D eigenvalue weighted by molar-refractivity contribution is 9.15. The van der Waals surface area contributed by atoms with Crippen LogP contribution in [0.25, 0.3) is 0 Å². The molecule has 0 saturated heterocycles. The third kappa shape index (κ3) is 5.03. The number of rotatable bonds is 7. The second-order valence-electron chi connectivity index (χ2n) is 7.84. The molecule has 0 bridgehead atoms. The molecule has 11 heteroatoms. The van der Waals surface area contributed by atoms with Crippen molar-refractivity contribution in [1.82, 2.24) is 4.90 Å². The van der Waals surface area contributed by atoms with Crippen LogP contribution < -0.4 is 5.32 Å². The standard InChI is InChI=1S/C23H20Br4N2O5/c1-4-11-7-5-6-8-12(11)28-13(30)9-34-23(33)20(10(2)3)29-21(31)14-15(22(29)32)17(25)19(27)18(26)16(14)24/h5-8,10,20H,4,9H2,1-3H3,(H,28,30). The number of carbonyl (C=O) groups excluding carboxylic acids is 4. The highest BCUT2D eigenvalue weighted by atomic mass is 79.9. The Kier molecular flexibility index (Phi) is 8.75. The summed E-state index contributed by atoms with van der Waals surface area (Å²) < 4.78 is 7.13. The second-order valence-corrected chi connectivity index (χ2v) is 11.0. The summed E-state index contributed by atoms with van der Waals surface area (Å²) >= 11 is 13.5. The first-order valence-electron chi connectivity index (χ1n) is 10.3. The molecule has 0 fully saturated rings. The number of esters is 1. The van der Waals surface area contributed by atoms with Crippen LogP contribution in [0.3, 0.4) is 0 Å². The lowest BCUT2D eigenvalue weighted by atomic mass is 10.0. The van der Waals surface area contributed by atoms with Crippen LogP contribution in [0.5, 0.6) is 0 Å². The van der Waals surface area contributed by atoms with Gasteiger partial charge in [0.25, 0.3) is 17.7 Å². The van der Waals surface area contributed by atoms with E-state index in [2.05, 4.69) is 69.0 Å². The van der Waals surface area contributed by atoms with Crippen molar-refractivity contribution in [3.63, 3.8) is 0 Å². The molecule has 1 aliphatic rings. The van der Waals surface area contributed by atoms with E-state index in [9.17, 15) is 19.2 Å². The van der Waals surface area contributed by atoms with Crippen LogP contribution in [0, 0.1) is 5.92 Å². The van der Waals surface area contributed by atoms with Crippen LogP contribution in [0.4, 0.5) is 5.69 Å². The van der Waals surface area contributed by atoms with Crippen LogP contribution in [0.15, 0.2) is 42.2 Å². The number of para-hydroxylation sites is 1. The van der Waals surface area contributed by atoms with E-state index in [0.29, 0.717) is 23.6 Å². The minimum atomic E-state index is -1.21. The molecule has 3 rings (SSSR count). The van der Waals surface area contributed by atoms with Gasteiger partial charge in [-0.2, -0.15) is 0 Å². The fraction of sp³-hybridized carbons (Fsp3) is 0.304. The first-order chi connectivity index (χ1) is 16.0. The smallest absolute Gasteiger partial charge is 0.330 e. The minimum absolute atomic E-state index is 0.138. The Balaban J connectivity index is 1.81. The van der Waals surface area contributed by atoms with Gasteiger partial charge in [0.2, 0.25) is 0 Å². The lowest BCUT2D eigenvalue weighted by molar-refractivity contribution is -0.152. The van der Waals surface area contributed by atoms with E-state index in [4.69, 9.17) is 4.74 Å². The Morgan fingerprint density at radius 3 is 1.97 bits per heavy atom. The average Bonchev–Trinajstić information content (AvgIpc) is 3.05. The molecule has 0 saturated carbocycles. The summed E-state index contributed by atoms with van der Waals surface area (Å²) in [6.07, 6.45) is 0.725. The van der Waals surface area contributed by atoms with Gasteiger partial charge in [0.1, 0.15) is 6.04 Å². The second kappa shape index (κ2) is 11.0. The van der Waals surface area contributed by atoms with Crippen LogP contribution in [0.2, 0.25) is 0 Å². The highest BCUT2D eigenvalue weighted by Gasteiger charge is 2.47. The maximum absolute atomic E-state index is 13.3. The lowest BCUT2D eigenvalue weighted by Crippen LogP contribution is -2.49. The minimum Gasteiger partial charge on any atom is -0.454 e. The number of fused-ring (bicyclic) bond motifs is 1. The van der Waals surface area contributed by atoms with Gasteiger partial charge >= 0.3 is 5.97 Å². The number of nitrogens with one attached hydrogen (secondary N) is 1. The van der Waals surface area contributed by atoms with E-state index in [1.165, 1.54) is 0 Å². The molecule has 1 aliphatic heterocycles. The van der Waals surface area contributed by atoms with Crippen molar-refractivity contribution in [1.29, 1.82) is 0 Å². The maximum atomic E-state index is 13.3. The van der Waals surface area contributed by atoms with Gasteiger partial charge < -0.3 is 10.1 Å². The number of hydrogen-bond donors (Lipinski definition) is 1. The van der Waals surface area contributed by atoms with Gasteiger partial charge in [0.05, 0.1) is 11.1 Å². The number of nitrogens with zero attached hydrogens (tertiary/aromatic N) is 1. The molecule has 1 N–H and O–H groups in total. The normalized spacial score (nSPS) is 13.8. The monoisotopic (exact) mass is 720 g/mol. The zero-order chi connectivity index (χ0) is 25.3. The van der Waals surface area contributed by atoms with Gasteiger partial charge in [-0.15, -0.1) is 0 Å². The van der Waals surface area contributed by atoms with Gasteiger partial charge in [-0.25, -0.2) is 4.79 Å². The van der Waals surface area contributed by atoms with Crippen LogP contribution in [0.1, 0.15) is 47.1 Å². The number of imide groups is 1. The summed E-state index contributed by atoms with van der Waals surface area (Å²) in [5.74, 6) is -3.07. The summed E-state index contributed by atoms with van der Waals surface area (Å²) in [4.78, 5) is 52.9. The number of carbonyl (C=O) groups is 4. The Bertz CT molecular complexity index is 1150. The van der Waals surface area contributed by atoms with Crippen LogP contribution in [-0.4, -0.2) is 41.2 Å². The number of benzene rings is 2. The van der Waals surface area contributed by atoms with Crippen LogP contribution >= 0.6 is 63.7 Å². The molecule has 2 aromatic carbocycles. The van der Waals surface area contributed by atoms with Crippen molar-refractivity contribution in [2.24, 2.45) is 5.92 Å². The highest BCUT2D eigenvalue weighted by Crippen LogP contribution is 2.46. The molecular formula is C23H20Br4N2O5. The molecule has 0 aromatic heterocycles. The molecule has 0 radical (unpaired) electrons. The Morgan fingerprint density at radius 1 is 0.941 bits per heavy atom. The van der Waals surface area contributed by atoms with E-state index in [0.717, 1.165) is 16.9 Å². The van der Waals surface area contributed by atoms with Crippen molar-refractivity contribution in [2.75, 3.05) is 11.9 Å². The van der Waals surface area contributed by atoms with Crippen molar-refractivity contribution in [2.45, 2.75) is 33.2 Å². The predicted octanol–water partition coefficient (Wildman–Crippen LogP) is 6.10. The molecule has 0 aliphatic carbocycles. The lowest BCUT2D eigenvalue weighted by Gasteiger charge is -2.27. The molecule has 1 unspecified atom stereocenters. The molecule has 180 valence electrons. The summed E-state index contributed by atoms with van der Waals surface area (Å²) in [5.41, 5.74) is 1.86. The van der Waals surface area contributed by atoms with Crippen molar-refractivity contribution < 1.29 is 23.9 Å². The number of amides is 3. The molecule has 3 amide bonds. The molecule has 0 spiro atoms. The van der Waals surface area contributed by atoms with Gasteiger partial charge in [0, 0.05) is 23.6 Å². The van der Waals surface area contributed by atoms with Gasteiger partial charge in [-0.3, -0.25) is 19.3 Å². The quantitative estimate of drug-likeness (QED) is 0.161. The SMILES string of the molecule is CCc1ccccc1NC(=O)COC(=O)C(C(C)C)N1C(=O)c2c(Br)c(Br)c(Br)c(Br)c2C1=O. The van der Waals surface area contributed by atoms with Crippen molar-refractivity contribution in [3.8, 4) is 0 Å². The molecule has 1 atom stereocenters. The number of ether oxygens (including phenoxy) is 1. The number of anilines is 1. The largest absolute Gasteiger partial charge is 0.454 e. The van der Waals surface area contributed by atoms with Crippen molar-refractivity contribution in [3.05, 3.63) is 58.8 Å². The maximum Gasteiger partial charge on any atom is 0.330 e. The zero-order valence-corrected chi connectivity index (χ0v) is 24.7. The molecule has 2 aromatic rings. The van der Waals surface area contributed by atoms with Gasteiger partial charge in [-0.05, 0) is 87.7 Å². The predicted molar refractivity (Wildman–Crippen MR) is 142 cm³/mol. The first kappa shape index (κ1) is 27.0. The third-order valence-electron chi connectivity index (χ3n) is 5.30. The summed E-state index contributed by atoms with van der Waals surface area (Å²) in [7, 11) is 0. The number of hydrogen-bond acceptors (Lipinski definition) is 5. The fourth-order valence-corrected chi connectivity index (χ4v) is 6.11. The summed E-state index contributed by atoms with van der Waals surface area (Å²) in [6.45, 7) is 4.81. The molecular weight excluding hydrogens is 704 g/mol. The first-order valence-corrected chi connectivity index (χ1v) is 13.5.